The Bertz CT molecular complexity index is 430. The van der Waals surface area contributed by atoms with Gasteiger partial charge in [-0.2, -0.15) is 11.3 Å². The predicted octanol–water partition coefficient (Wildman–Crippen LogP) is 2.07. The summed E-state index contributed by atoms with van der Waals surface area (Å²) in [5.74, 6) is 0.941. The van der Waals surface area contributed by atoms with Crippen molar-refractivity contribution in [2.75, 3.05) is 13.2 Å². The highest BCUT2D eigenvalue weighted by Crippen LogP contribution is 2.39. The average Bonchev–Trinajstić information content (AvgIpc) is 2.90. The molecule has 4 atom stereocenters. The SMILES string of the molecule is Cl.Cl.NC1CC1C1COCCC1NC(=O)c1ccsc1. The quantitative estimate of drug-likeness (QED) is 0.886. The Morgan fingerprint density at radius 2 is 2.15 bits per heavy atom. The topological polar surface area (TPSA) is 64.3 Å². The number of halogens is 2. The van der Waals surface area contributed by atoms with E-state index >= 15 is 0 Å². The number of hydrogen-bond acceptors (Lipinski definition) is 4. The number of nitrogens with one attached hydrogen (secondary N) is 1. The van der Waals surface area contributed by atoms with Crippen LogP contribution in [0.25, 0.3) is 0 Å². The number of nitrogens with two attached hydrogens (primary N) is 1. The third kappa shape index (κ3) is 3.86. The molecule has 0 aromatic carbocycles. The molecule has 0 spiro atoms. The first-order valence-electron chi connectivity index (χ1n) is 6.42. The number of thiophene rings is 1. The minimum absolute atomic E-state index is 0. The highest BCUT2D eigenvalue weighted by molar-refractivity contribution is 7.08. The average molecular weight is 339 g/mol. The van der Waals surface area contributed by atoms with Crippen molar-refractivity contribution >= 4 is 42.1 Å². The van der Waals surface area contributed by atoms with Crippen LogP contribution in [0.1, 0.15) is 23.2 Å². The van der Waals surface area contributed by atoms with E-state index in [9.17, 15) is 4.79 Å². The van der Waals surface area contributed by atoms with Gasteiger partial charge in [0.2, 0.25) is 0 Å². The van der Waals surface area contributed by atoms with Crippen molar-refractivity contribution in [3.63, 3.8) is 0 Å². The van der Waals surface area contributed by atoms with Crippen LogP contribution in [0.2, 0.25) is 0 Å². The zero-order chi connectivity index (χ0) is 12.5. The van der Waals surface area contributed by atoms with Crippen LogP contribution in [0.4, 0.5) is 0 Å². The summed E-state index contributed by atoms with van der Waals surface area (Å²) in [5, 5.41) is 6.95. The maximum atomic E-state index is 12.1. The molecule has 1 saturated carbocycles. The number of rotatable bonds is 3. The van der Waals surface area contributed by atoms with Crippen molar-refractivity contribution in [1.82, 2.24) is 5.32 Å². The van der Waals surface area contributed by atoms with Gasteiger partial charge in [0, 0.05) is 35.6 Å². The molecule has 20 heavy (non-hydrogen) atoms. The lowest BCUT2D eigenvalue weighted by Gasteiger charge is -2.32. The van der Waals surface area contributed by atoms with Crippen LogP contribution >= 0.6 is 36.2 Å². The van der Waals surface area contributed by atoms with Crippen molar-refractivity contribution in [2.24, 2.45) is 17.6 Å². The molecule has 3 N–H and O–H groups in total. The Balaban J connectivity index is 0.000001000. The van der Waals surface area contributed by atoms with Crippen LogP contribution in [-0.4, -0.2) is 31.2 Å². The second-order valence-electron chi connectivity index (χ2n) is 5.18. The van der Waals surface area contributed by atoms with E-state index in [0.29, 0.717) is 17.9 Å². The van der Waals surface area contributed by atoms with Crippen molar-refractivity contribution in [3.05, 3.63) is 22.4 Å². The Morgan fingerprint density at radius 1 is 1.40 bits per heavy atom. The molecular formula is C13H20Cl2N2O2S. The largest absolute Gasteiger partial charge is 0.381 e. The second kappa shape index (κ2) is 7.61. The highest BCUT2D eigenvalue weighted by atomic mass is 35.5. The Kier molecular flexibility index (Phi) is 6.75. The van der Waals surface area contributed by atoms with Crippen LogP contribution in [0.15, 0.2) is 16.8 Å². The van der Waals surface area contributed by atoms with Crippen LogP contribution in [-0.2, 0) is 4.74 Å². The standard InChI is InChI=1S/C13H18N2O2S.2ClH/c14-11-5-9(11)10-6-17-3-1-12(10)15-13(16)8-2-4-18-7-8;;/h2,4,7,9-12H,1,3,5-6,14H2,(H,15,16);2*1H. The molecule has 1 aliphatic carbocycles. The Hall–Kier alpha value is -0.330. The van der Waals surface area contributed by atoms with Crippen LogP contribution in [0.5, 0.6) is 0 Å². The number of amides is 1. The molecule has 4 nitrogen and oxygen atoms in total. The number of hydrogen-bond donors (Lipinski definition) is 2. The van der Waals surface area contributed by atoms with Crippen LogP contribution in [0.3, 0.4) is 0 Å². The van der Waals surface area contributed by atoms with Gasteiger partial charge in [0.1, 0.15) is 0 Å². The summed E-state index contributed by atoms with van der Waals surface area (Å²) >= 11 is 1.54. The van der Waals surface area contributed by atoms with E-state index < -0.39 is 0 Å². The first kappa shape index (κ1) is 17.7. The molecule has 1 amide bonds. The van der Waals surface area contributed by atoms with Crippen molar-refractivity contribution in [2.45, 2.75) is 24.9 Å². The number of carbonyl (C=O) groups is 1. The molecule has 1 aliphatic heterocycles. The lowest BCUT2D eigenvalue weighted by molar-refractivity contribution is 0.0223. The van der Waals surface area contributed by atoms with Gasteiger partial charge in [0.25, 0.3) is 5.91 Å². The van der Waals surface area contributed by atoms with E-state index in [-0.39, 0.29) is 36.8 Å². The van der Waals surface area contributed by atoms with Gasteiger partial charge in [-0.05, 0) is 30.2 Å². The maximum Gasteiger partial charge on any atom is 0.252 e. The highest BCUT2D eigenvalue weighted by Gasteiger charge is 2.45. The molecule has 1 aromatic heterocycles. The van der Waals surface area contributed by atoms with Crippen molar-refractivity contribution in [3.8, 4) is 0 Å². The summed E-state index contributed by atoms with van der Waals surface area (Å²) in [4.78, 5) is 12.1. The summed E-state index contributed by atoms with van der Waals surface area (Å²) in [6.45, 7) is 1.46. The van der Waals surface area contributed by atoms with Gasteiger partial charge in [-0.25, -0.2) is 0 Å². The summed E-state index contributed by atoms with van der Waals surface area (Å²) in [7, 11) is 0. The van der Waals surface area contributed by atoms with Gasteiger partial charge in [0.15, 0.2) is 0 Å². The van der Waals surface area contributed by atoms with E-state index in [4.69, 9.17) is 10.5 Å². The molecule has 2 aliphatic rings. The summed E-state index contributed by atoms with van der Waals surface area (Å²) < 4.78 is 5.53. The molecule has 114 valence electrons. The smallest absolute Gasteiger partial charge is 0.252 e. The third-order valence-electron chi connectivity index (χ3n) is 3.94. The molecule has 2 heterocycles. The molecule has 0 radical (unpaired) electrons. The van der Waals surface area contributed by atoms with Gasteiger partial charge >= 0.3 is 0 Å². The first-order valence-corrected chi connectivity index (χ1v) is 7.36. The van der Waals surface area contributed by atoms with E-state index in [1.54, 1.807) is 11.3 Å². The maximum absolute atomic E-state index is 12.1. The van der Waals surface area contributed by atoms with Gasteiger partial charge in [-0.15, -0.1) is 24.8 Å². The summed E-state index contributed by atoms with van der Waals surface area (Å²) in [6, 6.07) is 2.37. The molecular weight excluding hydrogens is 319 g/mol. The zero-order valence-electron chi connectivity index (χ0n) is 11.0. The fourth-order valence-corrected chi connectivity index (χ4v) is 3.37. The second-order valence-corrected chi connectivity index (χ2v) is 5.96. The minimum Gasteiger partial charge on any atom is -0.381 e. The van der Waals surface area contributed by atoms with E-state index in [1.807, 2.05) is 16.8 Å². The molecule has 3 rings (SSSR count). The fraction of sp³-hybridized carbons (Fsp3) is 0.615. The van der Waals surface area contributed by atoms with E-state index in [2.05, 4.69) is 5.32 Å². The van der Waals surface area contributed by atoms with Gasteiger partial charge in [-0.3, -0.25) is 4.79 Å². The lowest BCUT2D eigenvalue weighted by Crippen LogP contribution is -2.47. The van der Waals surface area contributed by atoms with Crippen molar-refractivity contribution < 1.29 is 9.53 Å². The van der Waals surface area contributed by atoms with Crippen LogP contribution in [0, 0.1) is 11.8 Å². The summed E-state index contributed by atoms with van der Waals surface area (Å²) in [6.07, 6.45) is 1.96. The zero-order valence-corrected chi connectivity index (χ0v) is 13.4. The van der Waals surface area contributed by atoms with Crippen LogP contribution < -0.4 is 11.1 Å². The lowest BCUT2D eigenvalue weighted by atomic mass is 9.90. The van der Waals surface area contributed by atoms with Gasteiger partial charge < -0.3 is 15.8 Å². The minimum atomic E-state index is 0. The third-order valence-corrected chi connectivity index (χ3v) is 4.62. The number of ether oxygens (including phenoxy) is 1. The predicted molar refractivity (Wildman–Crippen MR) is 85.1 cm³/mol. The Labute approximate surface area is 135 Å². The van der Waals surface area contributed by atoms with Crippen molar-refractivity contribution in [1.29, 1.82) is 0 Å². The molecule has 1 aromatic rings. The normalized spacial score (nSPS) is 31.6. The van der Waals surface area contributed by atoms with E-state index in [0.717, 1.165) is 31.6 Å². The number of carbonyl (C=O) groups excluding carboxylic acids is 1. The van der Waals surface area contributed by atoms with Gasteiger partial charge in [-0.1, -0.05) is 0 Å². The fourth-order valence-electron chi connectivity index (χ4n) is 2.73. The molecule has 4 unspecified atom stereocenters. The molecule has 2 fully saturated rings. The Morgan fingerprint density at radius 3 is 2.75 bits per heavy atom. The molecule has 0 bridgehead atoms. The first-order chi connectivity index (χ1) is 8.75. The van der Waals surface area contributed by atoms with Gasteiger partial charge in [0.05, 0.1) is 6.61 Å². The molecule has 7 heteroatoms. The molecule has 1 saturated heterocycles. The summed E-state index contributed by atoms with van der Waals surface area (Å²) in [5.41, 5.74) is 6.67. The van der Waals surface area contributed by atoms with E-state index in [1.165, 1.54) is 0 Å². The monoisotopic (exact) mass is 338 g/mol.